The van der Waals surface area contributed by atoms with Gasteiger partial charge in [-0.1, -0.05) is 13.5 Å². The molecular formula is C19H30O6. The second kappa shape index (κ2) is 7.56. The third-order valence-electron chi connectivity index (χ3n) is 5.61. The Kier molecular flexibility index (Phi) is 6.07. The lowest BCUT2D eigenvalue weighted by Crippen LogP contribution is -2.50. The second-order valence-corrected chi connectivity index (χ2v) is 7.14. The highest BCUT2D eigenvalue weighted by molar-refractivity contribution is 5.99. The molecular weight excluding hydrogens is 324 g/mol. The Labute approximate surface area is 149 Å². The number of rotatable bonds is 9. The van der Waals surface area contributed by atoms with E-state index in [2.05, 4.69) is 6.58 Å². The zero-order chi connectivity index (χ0) is 18.8. The van der Waals surface area contributed by atoms with Gasteiger partial charge in [-0.2, -0.15) is 0 Å². The van der Waals surface area contributed by atoms with E-state index in [0.717, 1.165) is 0 Å². The average Bonchev–Trinajstić information content (AvgIpc) is 3.27. The van der Waals surface area contributed by atoms with Crippen molar-refractivity contribution in [3.8, 4) is 0 Å². The topological polar surface area (TPSA) is 74.4 Å². The van der Waals surface area contributed by atoms with E-state index in [4.69, 9.17) is 18.9 Å². The fourth-order valence-corrected chi connectivity index (χ4v) is 4.03. The zero-order valence-corrected chi connectivity index (χ0v) is 15.9. The highest BCUT2D eigenvalue weighted by Crippen LogP contribution is 2.57. The fourth-order valence-electron chi connectivity index (χ4n) is 4.03. The van der Waals surface area contributed by atoms with Crippen molar-refractivity contribution in [1.29, 1.82) is 0 Å². The molecule has 2 aliphatic rings. The number of ether oxygens (including phenoxy) is 4. The Bertz CT molecular complexity index is 538. The maximum absolute atomic E-state index is 13.2. The van der Waals surface area contributed by atoms with Crippen LogP contribution in [0.5, 0.6) is 0 Å². The Morgan fingerprint density at radius 3 is 2.44 bits per heavy atom. The lowest BCUT2D eigenvalue weighted by Gasteiger charge is -2.41. The molecule has 2 fully saturated rings. The minimum atomic E-state index is -0.764. The summed E-state index contributed by atoms with van der Waals surface area (Å²) in [6, 6.07) is 0. The quantitative estimate of drug-likeness (QED) is 0.274. The van der Waals surface area contributed by atoms with Crippen LogP contribution in [0.3, 0.4) is 0 Å². The van der Waals surface area contributed by atoms with Crippen molar-refractivity contribution in [3.05, 3.63) is 12.2 Å². The zero-order valence-electron chi connectivity index (χ0n) is 15.9. The first-order chi connectivity index (χ1) is 11.7. The lowest BCUT2D eigenvalue weighted by molar-refractivity contribution is -0.152. The highest BCUT2D eigenvalue weighted by atomic mass is 16.7. The van der Waals surface area contributed by atoms with E-state index in [9.17, 15) is 9.59 Å². The molecule has 1 saturated heterocycles. The molecule has 4 atom stereocenters. The first kappa shape index (κ1) is 20.1. The number of methoxy groups -OCH3 is 1. The Hall–Kier alpha value is -1.24. The number of ketones is 1. The van der Waals surface area contributed by atoms with Crippen LogP contribution in [0.1, 0.15) is 47.0 Å². The Morgan fingerprint density at radius 1 is 1.32 bits per heavy atom. The van der Waals surface area contributed by atoms with Crippen molar-refractivity contribution in [3.63, 3.8) is 0 Å². The molecule has 142 valence electrons. The van der Waals surface area contributed by atoms with E-state index in [1.54, 1.807) is 0 Å². The summed E-state index contributed by atoms with van der Waals surface area (Å²) in [6.07, 6.45) is 1.19. The lowest BCUT2D eigenvalue weighted by atomic mass is 9.59. The van der Waals surface area contributed by atoms with Gasteiger partial charge in [-0.25, -0.2) is 4.79 Å². The van der Waals surface area contributed by atoms with Gasteiger partial charge in [0.05, 0.1) is 13.2 Å². The summed E-state index contributed by atoms with van der Waals surface area (Å²) < 4.78 is 21.7. The minimum absolute atomic E-state index is 0.0260. The number of esters is 1. The summed E-state index contributed by atoms with van der Waals surface area (Å²) in [7, 11) is 1.33. The van der Waals surface area contributed by atoms with Crippen LogP contribution < -0.4 is 0 Å². The van der Waals surface area contributed by atoms with Crippen LogP contribution in [0.15, 0.2) is 12.2 Å². The van der Waals surface area contributed by atoms with Crippen molar-refractivity contribution in [2.75, 3.05) is 20.3 Å². The van der Waals surface area contributed by atoms with Crippen LogP contribution in [-0.4, -0.2) is 50.1 Å². The first-order valence-electron chi connectivity index (χ1n) is 8.97. The molecule has 1 saturated carbocycles. The van der Waals surface area contributed by atoms with Gasteiger partial charge < -0.3 is 18.9 Å². The van der Waals surface area contributed by atoms with Gasteiger partial charge >= 0.3 is 5.97 Å². The molecule has 1 aliphatic carbocycles. The Morgan fingerprint density at radius 2 is 1.92 bits per heavy atom. The third-order valence-corrected chi connectivity index (χ3v) is 5.61. The van der Waals surface area contributed by atoms with Crippen LogP contribution in [-0.2, 0) is 28.5 Å². The Balaban J connectivity index is 2.21. The average molecular weight is 354 g/mol. The normalized spacial score (nSPS) is 33.9. The standard InChI is InChI=1S/C19H30O6/c1-7-23-15(24-8-2)9-10-18(4)13(12(3)16(20)22-6)11-14-19(5,25-14)17(18)21/h13-15H,3,7-11H2,1-2,4-6H3/t13-,14+,18-,19+/m1/s1. The number of Topliss-reactive ketones (excluding diaryl/α,β-unsaturated/α-hetero) is 1. The van der Waals surface area contributed by atoms with Crippen LogP contribution in [0, 0.1) is 11.3 Å². The SMILES string of the molecule is C=C(C(=O)OC)[C@H]1C[C@@H]2O[C@]2(C)C(=O)[C@]1(C)CCC(OCC)OCC. The molecule has 0 aromatic carbocycles. The summed E-state index contributed by atoms with van der Waals surface area (Å²) in [4.78, 5) is 25.2. The van der Waals surface area contributed by atoms with Gasteiger partial charge in [0.2, 0.25) is 0 Å². The number of carbonyl (C=O) groups is 2. The van der Waals surface area contributed by atoms with E-state index in [1.165, 1.54) is 7.11 Å². The maximum atomic E-state index is 13.2. The molecule has 0 aromatic heterocycles. The first-order valence-corrected chi connectivity index (χ1v) is 8.97. The molecule has 1 aliphatic heterocycles. The molecule has 25 heavy (non-hydrogen) atoms. The van der Waals surface area contributed by atoms with E-state index in [0.29, 0.717) is 38.0 Å². The van der Waals surface area contributed by atoms with Crippen molar-refractivity contribution < 1.29 is 28.5 Å². The molecule has 0 N–H and O–H groups in total. The van der Waals surface area contributed by atoms with Crippen LogP contribution in [0.4, 0.5) is 0 Å². The van der Waals surface area contributed by atoms with Crippen molar-refractivity contribution in [2.45, 2.75) is 65.0 Å². The van der Waals surface area contributed by atoms with Gasteiger partial charge in [0.25, 0.3) is 0 Å². The van der Waals surface area contributed by atoms with E-state index >= 15 is 0 Å². The van der Waals surface area contributed by atoms with Gasteiger partial charge in [0.1, 0.15) is 0 Å². The van der Waals surface area contributed by atoms with Gasteiger partial charge in [-0.3, -0.25) is 4.79 Å². The predicted molar refractivity (Wildman–Crippen MR) is 91.9 cm³/mol. The smallest absolute Gasteiger partial charge is 0.333 e. The molecule has 0 amide bonds. The molecule has 0 aromatic rings. The van der Waals surface area contributed by atoms with Gasteiger partial charge in [0.15, 0.2) is 17.7 Å². The molecule has 0 unspecified atom stereocenters. The maximum Gasteiger partial charge on any atom is 0.333 e. The number of carbonyl (C=O) groups excluding carboxylic acids is 2. The van der Waals surface area contributed by atoms with E-state index in [-0.39, 0.29) is 24.1 Å². The van der Waals surface area contributed by atoms with Crippen molar-refractivity contribution >= 4 is 11.8 Å². The summed E-state index contributed by atoms with van der Waals surface area (Å²) in [5, 5.41) is 0. The minimum Gasteiger partial charge on any atom is -0.466 e. The van der Waals surface area contributed by atoms with Gasteiger partial charge in [-0.15, -0.1) is 0 Å². The van der Waals surface area contributed by atoms with Crippen molar-refractivity contribution in [1.82, 2.24) is 0 Å². The van der Waals surface area contributed by atoms with Gasteiger partial charge in [0, 0.05) is 30.1 Å². The number of epoxide rings is 1. The van der Waals surface area contributed by atoms with Crippen LogP contribution >= 0.6 is 0 Å². The van der Waals surface area contributed by atoms with E-state index < -0.39 is 17.0 Å². The molecule has 6 nitrogen and oxygen atoms in total. The van der Waals surface area contributed by atoms with Crippen LogP contribution in [0.25, 0.3) is 0 Å². The monoisotopic (exact) mass is 354 g/mol. The molecule has 1 heterocycles. The summed E-state index contributed by atoms with van der Waals surface area (Å²) in [6.45, 7) is 12.5. The van der Waals surface area contributed by atoms with Crippen molar-refractivity contribution in [2.24, 2.45) is 11.3 Å². The van der Waals surface area contributed by atoms with E-state index in [1.807, 2.05) is 27.7 Å². The highest BCUT2D eigenvalue weighted by Gasteiger charge is 2.69. The van der Waals surface area contributed by atoms with Crippen LogP contribution in [0.2, 0.25) is 0 Å². The summed E-state index contributed by atoms with van der Waals surface area (Å²) in [5.74, 6) is -0.755. The molecule has 6 heteroatoms. The summed E-state index contributed by atoms with van der Waals surface area (Å²) in [5.41, 5.74) is -1.17. The summed E-state index contributed by atoms with van der Waals surface area (Å²) >= 11 is 0. The fraction of sp³-hybridized carbons (Fsp3) is 0.789. The molecule has 0 radical (unpaired) electrons. The second-order valence-electron chi connectivity index (χ2n) is 7.14. The molecule has 2 rings (SSSR count). The molecule has 0 bridgehead atoms. The largest absolute Gasteiger partial charge is 0.466 e. The third kappa shape index (κ3) is 3.66. The number of fused-ring (bicyclic) bond motifs is 1. The number of hydrogen-bond acceptors (Lipinski definition) is 6. The number of hydrogen-bond donors (Lipinski definition) is 0. The predicted octanol–water partition coefficient (Wildman–Crippen LogP) is 2.65. The van der Waals surface area contributed by atoms with Gasteiger partial charge in [-0.05, 0) is 40.0 Å². The molecule has 0 spiro atoms.